The van der Waals surface area contributed by atoms with Crippen molar-refractivity contribution in [1.82, 2.24) is 5.16 Å². The first-order valence-electron chi connectivity index (χ1n) is 8.43. The van der Waals surface area contributed by atoms with E-state index in [4.69, 9.17) is 32.9 Å². The standard InChI is InChI=1S/C20H19NO7/c1-22-14-6-5-11(7-15(14)23-2)17-13(9-21-28-17)12-8-16(24-3)19-20(18(12)25-4)27-10-26-19/h5-9H,10H2,1-4H3. The molecule has 28 heavy (non-hydrogen) atoms. The van der Waals surface area contributed by atoms with Crippen LogP contribution in [0.1, 0.15) is 0 Å². The van der Waals surface area contributed by atoms with Gasteiger partial charge in [-0.15, -0.1) is 0 Å². The van der Waals surface area contributed by atoms with Crippen molar-refractivity contribution in [2.75, 3.05) is 35.2 Å². The fourth-order valence-electron chi connectivity index (χ4n) is 3.19. The maximum absolute atomic E-state index is 5.61. The Labute approximate surface area is 161 Å². The Kier molecular flexibility index (Phi) is 4.60. The van der Waals surface area contributed by atoms with Gasteiger partial charge in [0, 0.05) is 11.1 Å². The number of hydrogen-bond donors (Lipinski definition) is 0. The molecule has 146 valence electrons. The molecule has 2 aromatic carbocycles. The van der Waals surface area contributed by atoms with Crippen molar-refractivity contribution < 1.29 is 32.9 Å². The minimum atomic E-state index is 0.0949. The zero-order valence-corrected chi connectivity index (χ0v) is 15.9. The summed E-state index contributed by atoms with van der Waals surface area (Å²) in [7, 11) is 6.29. The molecule has 0 unspecified atom stereocenters. The van der Waals surface area contributed by atoms with Crippen molar-refractivity contribution in [2.45, 2.75) is 0 Å². The third-order valence-corrected chi connectivity index (χ3v) is 4.49. The van der Waals surface area contributed by atoms with Crippen molar-refractivity contribution in [3.05, 3.63) is 30.5 Å². The number of ether oxygens (including phenoxy) is 6. The van der Waals surface area contributed by atoms with Crippen molar-refractivity contribution in [1.29, 1.82) is 0 Å². The van der Waals surface area contributed by atoms with Gasteiger partial charge in [-0.1, -0.05) is 5.16 Å². The third kappa shape index (κ3) is 2.74. The van der Waals surface area contributed by atoms with Crippen LogP contribution in [0.5, 0.6) is 34.5 Å². The summed E-state index contributed by atoms with van der Waals surface area (Å²) >= 11 is 0. The van der Waals surface area contributed by atoms with E-state index in [2.05, 4.69) is 5.16 Å². The second-order valence-electron chi connectivity index (χ2n) is 5.86. The molecule has 0 spiro atoms. The molecule has 2 heterocycles. The normalized spacial score (nSPS) is 12.0. The van der Waals surface area contributed by atoms with Gasteiger partial charge in [0.1, 0.15) is 0 Å². The lowest BCUT2D eigenvalue weighted by Gasteiger charge is -2.14. The van der Waals surface area contributed by atoms with Crippen LogP contribution < -0.4 is 28.4 Å². The zero-order chi connectivity index (χ0) is 19.7. The van der Waals surface area contributed by atoms with E-state index in [1.54, 1.807) is 40.7 Å². The first-order chi connectivity index (χ1) is 13.7. The lowest BCUT2D eigenvalue weighted by molar-refractivity contribution is 0.168. The lowest BCUT2D eigenvalue weighted by Crippen LogP contribution is -1.95. The number of rotatable bonds is 6. The predicted molar refractivity (Wildman–Crippen MR) is 99.7 cm³/mol. The number of fused-ring (bicyclic) bond motifs is 1. The zero-order valence-electron chi connectivity index (χ0n) is 15.9. The van der Waals surface area contributed by atoms with Crippen LogP contribution in [0.25, 0.3) is 22.5 Å². The molecule has 0 bridgehead atoms. The highest BCUT2D eigenvalue weighted by Crippen LogP contribution is 2.53. The van der Waals surface area contributed by atoms with Crippen LogP contribution in [0.3, 0.4) is 0 Å². The minimum Gasteiger partial charge on any atom is -0.493 e. The largest absolute Gasteiger partial charge is 0.493 e. The van der Waals surface area contributed by atoms with Crippen LogP contribution in [0.2, 0.25) is 0 Å². The van der Waals surface area contributed by atoms with Gasteiger partial charge in [-0.3, -0.25) is 0 Å². The molecule has 0 saturated heterocycles. The van der Waals surface area contributed by atoms with Crippen LogP contribution in [0, 0.1) is 0 Å². The lowest BCUT2D eigenvalue weighted by atomic mass is 10.00. The van der Waals surface area contributed by atoms with E-state index in [-0.39, 0.29) is 6.79 Å². The molecule has 0 amide bonds. The molecule has 8 nitrogen and oxygen atoms in total. The number of benzene rings is 2. The van der Waals surface area contributed by atoms with Gasteiger partial charge in [-0.05, 0) is 24.3 Å². The van der Waals surface area contributed by atoms with Crippen LogP contribution in [-0.4, -0.2) is 40.4 Å². The molecular weight excluding hydrogens is 366 g/mol. The van der Waals surface area contributed by atoms with Crippen molar-refractivity contribution >= 4 is 0 Å². The summed E-state index contributed by atoms with van der Waals surface area (Å²) in [4.78, 5) is 0. The second kappa shape index (κ2) is 7.22. The number of methoxy groups -OCH3 is 4. The van der Waals surface area contributed by atoms with E-state index in [1.165, 1.54) is 0 Å². The quantitative estimate of drug-likeness (QED) is 0.634. The molecule has 0 aliphatic carbocycles. The van der Waals surface area contributed by atoms with E-state index in [0.29, 0.717) is 51.4 Å². The summed E-state index contributed by atoms with van der Waals surface area (Å²) in [5.74, 6) is 3.77. The van der Waals surface area contributed by atoms with Crippen molar-refractivity contribution in [2.24, 2.45) is 0 Å². The second-order valence-corrected chi connectivity index (χ2v) is 5.86. The summed E-state index contributed by atoms with van der Waals surface area (Å²) in [5, 5.41) is 3.98. The monoisotopic (exact) mass is 385 g/mol. The highest BCUT2D eigenvalue weighted by Gasteiger charge is 2.29. The van der Waals surface area contributed by atoms with E-state index in [1.807, 2.05) is 18.2 Å². The molecular formula is C20H19NO7. The number of hydrogen-bond acceptors (Lipinski definition) is 8. The number of aromatic nitrogens is 1. The molecule has 0 saturated carbocycles. The fraction of sp³-hybridized carbons (Fsp3) is 0.250. The SMILES string of the molecule is COc1ccc(-c2oncc2-c2cc(OC)c3c(c2OC)OCO3)cc1OC. The fourth-order valence-corrected chi connectivity index (χ4v) is 3.19. The van der Waals surface area contributed by atoms with Gasteiger partial charge in [0.2, 0.25) is 18.3 Å². The topological polar surface area (TPSA) is 81.4 Å². The molecule has 3 aromatic rings. The maximum Gasteiger partial charge on any atom is 0.231 e. The summed E-state index contributed by atoms with van der Waals surface area (Å²) < 4.78 is 38.4. The summed E-state index contributed by atoms with van der Waals surface area (Å²) in [5.41, 5.74) is 2.18. The Morgan fingerprint density at radius 2 is 1.54 bits per heavy atom. The summed E-state index contributed by atoms with van der Waals surface area (Å²) in [6, 6.07) is 7.29. The molecule has 1 aliphatic heterocycles. The highest BCUT2D eigenvalue weighted by atomic mass is 16.7. The Morgan fingerprint density at radius 1 is 0.786 bits per heavy atom. The molecule has 0 fully saturated rings. The van der Waals surface area contributed by atoms with Crippen LogP contribution in [-0.2, 0) is 0 Å². The van der Waals surface area contributed by atoms with Crippen LogP contribution >= 0.6 is 0 Å². The molecule has 0 radical (unpaired) electrons. The Balaban J connectivity index is 1.89. The molecule has 4 rings (SSSR count). The Morgan fingerprint density at radius 3 is 2.25 bits per heavy atom. The van der Waals surface area contributed by atoms with Crippen molar-refractivity contribution in [3.63, 3.8) is 0 Å². The van der Waals surface area contributed by atoms with Gasteiger partial charge in [0.05, 0.1) is 40.2 Å². The molecule has 1 aromatic heterocycles. The average molecular weight is 385 g/mol. The smallest absolute Gasteiger partial charge is 0.231 e. The van der Waals surface area contributed by atoms with Gasteiger partial charge in [-0.25, -0.2) is 0 Å². The highest BCUT2D eigenvalue weighted by molar-refractivity contribution is 5.87. The maximum atomic E-state index is 5.61. The van der Waals surface area contributed by atoms with E-state index in [9.17, 15) is 0 Å². The van der Waals surface area contributed by atoms with Gasteiger partial charge >= 0.3 is 0 Å². The van der Waals surface area contributed by atoms with E-state index in [0.717, 1.165) is 5.56 Å². The van der Waals surface area contributed by atoms with Gasteiger partial charge in [0.25, 0.3) is 0 Å². The minimum absolute atomic E-state index is 0.0949. The van der Waals surface area contributed by atoms with E-state index >= 15 is 0 Å². The summed E-state index contributed by atoms with van der Waals surface area (Å²) in [6.45, 7) is 0.0949. The number of nitrogens with zero attached hydrogens (tertiary/aromatic N) is 1. The van der Waals surface area contributed by atoms with Crippen LogP contribution in [0.4, 0.5) is 0 Å². The molecule has 8 heteroatoms. The summed E-state index contributed by atoms with van der Waals surface area (Å²) in [6.07, 6.45) is 1.62. The Hall–Kier alpha value is -3.55. The first kappa shape index (κ1) is 17.8. The van der Waals surface area contributed by atoms with Gasteiger partial charge < -0.3 is 32.9 Å². The predicted octanol–water partition coefficient (Wildman–Crippen LogP) is 3.77. The third-order valence-electron chi connectivity index (χ3n) is 4.49. The Bertz CT molecular complexity index is 1010. The molecule has 0 atom stereocenters. The van der Waals surface area contributed by atoms with E-state index < -0.39 is 0 Å². The first-order valence-corrected chi connectivity index (χ1v) is 8.43. The van der Waals surface area contributed by atoms with Gasteiger partial charge in [0.15, 0.2) is 28.8 Å². The van der Waals surface area contributed by atoms with Crippen molar-refractivity contribution in [3.8, 4) is 56.9 Å². The van der Waals surface area contributed by atoms with Crippen LogP contribution in [0.15, 0.2) is 35.0 Å². The average Bonchev–Trinajstić information content (AvgIpc) is 3.41. The molecule has 0 N–H and O–H groups in total. The molecule has 1 aliphatic rings. The van der Waals surface area contributed by atoms with Gasteiger partial charge in [-0.2, -0.15) is 0 Å².